The Balaban J connectivity index is 1.29. The van der Waals surface area contributed by atoms with E-state index in [1.54, 1.807) is 0 Å². The first-order valence-corrected chi connectivity index (χ1v) is 17.8. The molecule has 4 heterocycles. The van der Waals surface area contributed by atoms with Crippen LogP contribution in [-0.2, 0) is 0 Å². The fraction of sp³-hybridized carbons (Fsp3) is 0. The topological polar surface area (TPSA) is 35.1 Å². The largest absolute Gasteiger partial charge is 0.308 e. The summed E-state index contributed by atoms with van der Waals surface area (Å²) in [5, 5.41) is 9.75. The number of benzene rings is 8. The summed E-state index contributed by atoms with van der Waals surface area (Å²) in [6.07, 6.45) is 0. The van der Waals surface area contributed by atoms with Crippen molar-refractivity contribution in [2.75, 3.05) is 0 Å². The van der Waals surface area contributed by atoms with Gasteiger partial charge in [-0.25, -0.2) is 9.97 Å². The van der Waals surface area contributed by atoms with E-state index in [-0.39, 0.29) is 0 Å². The highest BCUT2D eigenvalue weighted by molar-refractivity contribution is 6.31. The highest BCUT2D eigenvalue weighted by Crippen LogP contribution is 2.45. The second kappa shape index (κ2) is 10.3. The molecule has 12 aromatic rings. The van der Waals surface area contributed by atoms with Crippen LogP contribution in [0.5, 0.6) is 0 Å². The van der Waals surface area contributed by atoms with Crippen molar-refractivity contribution in [3.63, 3.8) is 0 Å². The summed E-state index contributed by atoms with van der Waals surface area (Å²) >= 11 is 0. The first kappa shape index (κ1) is 27.7. The van der Waals surface area contributed by atoms with Gasteiger partial charge in [-0.3, -0.25) is 4.57 Å². The van der Waals surface area contributed by atoms with E-state index in [1.807, 2.05) is 0 Å². The van der Waals surface area contributed by atoms with Crippen LogP contribution >= 0.6 is 0 Å². The molecule has 0 aliphatic rings. The molecule has 4 nitrogen and oxygen atoms in total. The molecule has 0 aliphatic carbocycles. The van der Waals surface area contributed by atoms with E-state index in [9.17, 15) is 0 Å². The number of nitrogens with zero attached hydrogens (tertiary/aromatic N) is 4. The predicted octanol–water partition coefficient (Wildman–Crippen LogP) is 12.4. The maximum atomic E-state index is 5.60. The fourth-order valence-corrected chi connectivity index (χ4v) is 8.84. The molecular formula is C48H28N4. The molecular weight excluding hydrogens is 633 g/mol. The van der Waals surface area contributed by atoms with E-state index < -0.39 is 0 Å². The smallest absolute Gasteiger partial charge is 0.165 e. The van der Waals surface area contributed by atoms with Crippen molar-refractivity contribution in [3.8, 4) is 28.2 Å². The summed E-state index contributed by atoms with van der Waals surface area (Å²) in [6.45, 7) is 0. The molecule has 0 fully saturated rings. The molecule has 0 atom stereocenters. The lowest BCUT2D eigenvalue weighted by molar-refractivity contribution is 1.08. The molecule has 4 aromatic heterocycles. The van der Waals surface area contributed by atoms with Gasteiger partial charge in [0.05, 0.1) is 38.6 Å². The first-order chi connectivity index (χ1) is 25.8. The third-order valence-electron chi connectivity index (χ3n) is 11.0. The van der Waals surface area contributed by atoms with Gasteiger partial charge in [0.25, 0.3) is 0 Å². The highest BCUT2D eigenvalue weighted by Gasteiger charge is 2.25. The zero-order chi connectivity index (χ0) is 33.9. The van der Waals surface area contributed by atoms with Crippen LogP contribution in [0.3, 0.4) is 0 Å². The summed E-state index contributed by atoms with van der Waals surface area (Å²) in [7, 11) is 0. The maximum Gasteiger partial charge on any atom is 0.165 e. The minimum absolute atomic E-state index is 0.817. The van der Waals surface area contributed by atoms with Crippen molar-refractivity contribution >= 4 is 81.7 Å². The molecule has 0 saturated carbocycles. The summed E-state index contributed by atoms with van der Waals surface area (Å²) < 4.78 is 4.85. The van der Waals surface area contributed by atoms with Crippen LogP contribution in [-0.4, -0.2) is 18.9 Å². The monoisotopic (exact) mass is 660 g/mol. The number of rotatable bonds is 3. The van der Waals surface area contributed by atoms with Crippen LogP contribution in [0.25, 0.3) is 110 Å². The summed E-state index contributed by atoms with van der Waals surface area (Å²) in [5.74, 6) is 0.817. The van der Waals surface area contributed by atoms with Crippen LogP contribution < -0.4 is 0 Å². The Hall–Kier alpha value is -7.04. The van der Waals surface area contributed by atoms with Gasteiger partial charge in [-0.2, -0.15) is 0 Å². The van der Waals surface area contributed by atoms with Gasteiger partial charge in [0.2, 0.25) is 0 Å². The van der Waals surface area contributed by atoms with Gasteiger partial charge in [-0.1, -0.05) is 133 Å². The van der Waals surface area contributed by atoms with Crippen molar-refractivity contribution < 1.29 is 0 Å². The van der Waals surface area contributed by atoms with Crippen molar-refractivity contribution in [1.29, 1.82) is 0 Å². The molecule has 0 bridgehead atoms. The van der Waals surface area contributed by atoms with Gasteiger partial charge in [-0.05, 0) is 63.7 Å². The normalized spacial score (nSPS) is 12.2. The summed E-state index contributed by atoms with van der Waals surface area (Å²) in [4.78, 5) is 11.1. The number of para-hydroxylation sites is 2. The Labute approximate surface area is 297 Å². The van der Waals surface area contributed by atoms with Gasteiger partial charge < -0.3 is 4.40 Å². The van der Waals surface area contributed by atoms with E-state index in [1.165, 1.54) is 48.9 Å². The number of aromatic nitrogens is 4. The van der Waals surface area contributed by atoms with Gasteiger partial charge in [-0.15, -0.1) is 0 Å². The van der Waals surface area contributed by atoms with Crippen LogP contribution in [0, 0.1) is 0 Å². The quantitative estimate of drug-likeness (QED) is 0.177. The molecule has 0 amide bonds. The van der Waals surface area contributed by atoms with E-state index in [0.29, 0.717) is 0 Å². The van der Waals surface area contributed by atoms with Crippen LogP contribution in [0.2, 0.25) is 0 Å². The van der Waals surface area contributed by atoms with Gasteiger partial charge in [0.1, 0.15) is 5.69 Å². The van der Waals surface area contributed by atoms with Crippen molar-refractivity contribution in [3.05, 3.63) is 170 Å². The Kier molecular flexibility index (Phi) is 5.47. The average molecular weight is 661 g/mol. The third-order valence-corrected chi connectivity index (χ3v) is 11.0. The lowest BCUT2D eigenvalue weighted by Crippen LogP contribution is -2.04. The Morgan fingerprint density at radius 2 is 0.942 bits per heavy atom. The number of fused-ring (bicyclic) bond motifs is 7. The van der Waals surface area contributed by atoms with Crippen molar-refractivity contribution in [1.82, 2.24) is 18.9 Å². The Morgan fingerprint density at radius 3 is 1.77 bits per heavy atom. The van der Waals surface area contributed by atoms with Gasteiger partial charge in [0, 0.05) is 32.5 Å². The summed E-state index contributed by atoms with van der Waals surface area (Å²) in [6, 6.07) is 61.0. The average Bonchev–Trinajstić information content (AvgIpc) is 3.69. The molecule has 4 heteroatoms. The minimum atomic E-state index is 0.817. The molecule has 0 aliphatic heterocycles. The van der Waals surface area contributed by atoms with E-state index in [0.717, 1.165) is 61.0 Å². The minimum Gasteiger partial charge on any atom is -0.308 e. The van der Waals surface area contributed by atoms with E-state index in [2.05, 4.69) is 179 Å². The standard InChI is InChI=1S/C48H28N4/c1-2-13-29(14-3-1)32-17-6-7-19-35(32)46-48(50-39-28-31-16-5-4-15-30(31)27-38(39)49-46)52-41-24-11-20-34-37-22-10-21-36-33-18-8-9-23-40(33)51(47(36)37)42-25-12-26-43(52)45(42)44(34)41/h1-28H. The predicted molar refractivity (Wildman–Crippen MR) is 217 cm³/mol. The Morgan fingerprint density at radius 1 is 0.385 bits per heavy atom. The molecule has 0 radical (unpaired) electrons. The SMILES string of the molecule is c1ccc(-c2ccccc2-c2nc3cc4ccccc4cc3nc2-n2c3cccc4c5cccc6c7ccccc7n(c7cccc2c7c43)c56)cc1. The molecule has 240 valence electrons. The number of hydrogen-bond donors (Lipinski definition) is 0. The molecule has 0 N–H and O–H groups in total. The Bertz CT molecular complexity index is 3410. The van der Waals surface area contributed by atoms with Gasteiger partial charge in [0.15, 0.2) is 5.82 Å². The van der Waals surface area contributed by atoms with Gasteiger partial charge >= 0.3 is 0 Å². The van der Waals surface area contributed by atoms with Crippen LogP contribution in [0.1, 0.15) is 0 Å². The first-order valence-electron chi connectivity index (χ1n) is 17.8. The molecule has 0 unspecified atom stereocenters. The van der Waals surface area contributed by atoms with Crippen molar-refractivity contribution in [2.24, 2.45) is 0 Å². The van der Waals surface area contributed by atoms with Crippen LogP contribution in [0.15, 0.2) is 170 Å². The zero-order valence-corrected chi connectivity index (χ0v) is 28.0. The second-order valence-corrected chi connectivity index (χ2v) is 13.8. The lowest BCUT2D eigenvalue weighted by Gasteiger charge is -2.17. The zero-order valence-electron chi connectivity index (χ0n) is 28.0. The number of hydrogen-bond acceptors (Lipinski definition) is 2. The van der Waals surface area contributed by atoms with E-state index >= 15 is 0 Å². The molecule has 0 saturated heterocycles. The molecule has 8 aromatic carbocycles. The maximum absolute atomic E-state index is 5.60. The highest BCUT2D eigenvalue weighted by atomic mass is 15.1. The third kappa shape index (κ3) is 3.65. The molecule has 52 heavy (non-hydrogen) atoms. The molecule has 0 spiro atoms. The van der Waals surface area contributed by atoms with E-state index in [4.69, 9.17) is 9.97 Å². The van der Waals surface area contributed by atoms with Crippen molar-refractivity contribution in [2.45, 2.75) is 0 Å². The lowest BCUT2D eigenvalue weighted by atomic mass is 9.97. The van der Waals surface area contributed by atoms with Crippen LogP contribution in [0.4, 0.5) is 0 Å². The second-order valence-electron chi connectivity index (χ2n) is 13.8. The fourth-order valence-electron chi connectivity index (χ4n) is 8.84. The summed E-state index contributed by atoms with van der Waals surface area (Å²) in [5.41, 5.74) is 11.8. The molecule has 12 rings (SSSR count).